The van der Waals surface area contributed by atoms with Gasteiger partial charge in [-0.05, 0) is 106 Å². The molecular formula is C55H71B3N3NaO21. The first-order valence-corrected chi connectivity index (χ1v) is 25.5. The second kappa shape index (κ2) is 35.1. The number of benzene rings is 5. The van der Waals surface area contributed by atoms with E-state index >= 15 is 0 Å². The number of aliphatic carboxylic acids is 2. The quantitative estimate of drug-likeness (QED) is 0.0292. The SMILES string of the molecule is CC(=O)O.CC(=O)O.C[N+](=O)[O-].Cc1ccc(OCOCc2ccccc2)c(B2OC(C)(C)C(C)(C)O2)c1C=O.Cc1ccc(OCOCc2ccccc2)c2c1C(C[N+](=O)[O-])OB2O.Cc1ccc2c3c1C(CN)OB3OCCO2.[Na+].[OH-]. The van der Waals surface area contributed by atoms with Gasteiger partial charge in [0.15, 0.2) is 20.6 Å². The number of ether oxygens (including phenoxy) is 5. The fraction of sp³-hybridized carbons (Fsp3) is 0.400. The molecule has 1 fully saturated rings. The third kappa shape index (κ3) is 22.0. The normalized spacial score (nSPS) is 16.0. The summed E-state index contributed by atoms with van der Waals surface area (Å²) in [5, 5.41) is 44.6. The van der Waals surface area contributed by atoms with Crippen molar-refractivity contribution in [1.29, 1.82) is 0 Å². The summed E-state index contributed by atoms with van der Waals surface area (Å²) >= 11 is 0. The van der Waals surface area contributed by atoms with Gasteiger partial charge >= 0.3 is 50.9 Å². The predicted octanol–water partition coefficient (Wildman–Crippen LogP) is 2.27. The monoisotopic (exact) mass is 1170 g/mol. The van der Waals surface area contributed by atoms with E-state index in [4.69, 9.17) is 82.6 Å². The van der Waals surface area contributed by atoms with Gasteiger partial charge in [0.1, 0.15) is 36.2 Å². The Hall–Kier alpha value is -6.30. The fourth-order valence-electron chi connectivity index (χ4n) is 8.39. The molecule has 28 heteroatoms. The molecule has 1 saturated heterocycles. The standard InChI is InChI=1S/C22H27BO5.C17H18BNO6.C11H14BNO3.2C2H4O2.CH3NO2.Na.H2O/c1-16-11-12-19(26-15-25-14-17-9-7-6-8-10-17)20(18(16)13-24)23-27-21(2,3)22(4,5)28-23;1-12-7-8-14(24-11-23-10-13-5-3-2-4-6-13)17-16(12)15(9-19(21)22)25-18(17)20;1-7-2-3-8-11-10(7)9(6-13)16-12(11)15-5-4-14-8;3*1-2(3)4;;/h6-13H,14-15H2,1-5H3;2-8,15,20H,9-11H2,1H3;2-3,9H,4-6,13H2,1H3;2*1H3,(H,3,4);1H3;;1H2/q;;;;;;+1;/p-1. The van der Waals surface area contributed by atoms with Crippen molar-refractivity contribution in [1.82, 2.24) is 0 Å². The molecule has 0 aromatic heterocycles. The molecule has 4 aliphatic rings. The van der Waals surface area contributed by atoms with Crippen LogP contribution >= 0.6 is 0 Å². The van der Waals surface area contributed by atoms with Crippen molar-refractivity contribution < 1.29 is 121 Å². The van der Waals surface area contributed by atoms with Crippen molar-refractivity contribution in [3.63, 3.8) is 0 Å². The topological polar surface area (TPSA) is 346 Å². The molecule has 0 saturated carbocycles. The Morgan fingerprint density at radius 1 is 0.699 bits per heavy atom. The van der Waals surface area contributed by atoms with Crippen LogP contribution < -0.4 is 65.9 Å². The number of carboxylic acid groups (broad SMARTS) is 2. The molecule has 2 atom stereocenters. The van der Waals surface area contributed by atoms with Crippen LogP contribution in [0.2, 0.25) is 0 Å². The van der Waals surface area contributed by atoms with E-state index in [-0.39, 0.29) is 61.8 Å². The van der Waals surface area contributed by atoms with Crippen LogP contribution in [0.4, 0.5) is 0 Å². The maximum atomic E-state index is 11.8. The maximum Gasteiger partial charge on any atom is 1.00 e. The molecule has 0 aliphatic carbocycles. The average molecular weight is 1170 g/mol. The minimum absolute atomic E-state index is 0. The van der Waals surface area contributed by atoms with Crippen LogP contribution in [0.1, 0.15) is 103 Å². The zero-order chi connectivity index (χ0) is 60.0. The second-order valence-electron chi connectivity index (χ2n) is 19.4. The van der Waals surface area contributed by atoms with Gasteiger partial charge in [-0.3, -0.25) is 34.6 Å². The number of carboxylic acids is 2. The van der Waals surface area contributed by atoms with Gasteiger partial charge in [0.25, 0.3) is 11.9 Å². The number of fused-ring (bicyclic) bond motifs is 1. The Morgan fingerprint density at radius 3 is 1.60 bits per heavy atom. The first-order chi connectivity index (χ1) is 38.3. The number of nitrogens with two attached hydrogens (primary N) is 1. The molecule has 0 bridgehead atoms. The summed E-state index contributed by atoms with van der Waals surface area (Å²) in [4.78, 5) is 48.5. The summed E-state index contributed by atoms with van der Waals surface area (Å²) in [6, 6.07) is 30.8. The Bertz CT molecular complexity index is 2840. The number of carbonyl (C=O) groups is 3. The predicted molar refractivity (Wildman–Crippen MR) is 303 cm³/mol. The third-order valence-corrected chi connectivity index (χ3v) is 12.7. The molecule has 0 radical (unpaired) electrons. The minimum Gasteiger partial charge on any atom is -0.870 e. The van der Waals surface area contributed by atoms with E-state index in [2.05, 4.69) is 6.92 Å². The molecule has 0 amide bonds. The molecule has 5 aromatic carbocycles. The number of aryl methyl sites for hydroxylation is 3. The Morgan fingerprint density at radius 2 is 1.14 bits per heavy atom. The largest absolute Gasteiger partial charge is 1.00 e. The number of rotatable bonds is 15. The number of aldehydes is 1. The molecule has 6 N–H and O–H groups in total. The zero-order valence-electron chi connectivity index (χ0n) is 48.6. The Labute approximate surface area is 505 Å². The first kappa shape index (κ1) is 72.8. The summed E-state index contributed by atoms with van der Waals surface area (Å²) < 4.78 is 57.3. The molecule has 4 heterocycles. The summed E-state index contributed by atoms with van der Waals surface area (Å²) in [5.74, 6) is 0.144. The van der Waals surface area contributed by atoms with Crippen molar-refractivity contribution in [2.24, 2.45) is 5.73 Å². The van der Waals surface area contributed by atoms with Gasteiger partial charge in [0, 0.05) is 52.2 Å². The van der Waals surface area contributed by atoms with Crippen molar-refractivity contribution in [3.05, 3.63) is 162 Å². The van der Waals surface area contributed by atoms with Crippen LogP contribution in [0, 0.1) is 41.0 Å². The van der Waals surface area contributed by atoms with Crippen molar-refractivity contribution in [2.75, 3.05) is 46.9 Å². The van der Waals surface area contributed by atoms with Crippen molar-refractivity contribution >= 4 is 56.0 Å². The van der Waals surface area contributed by atoms with Gasteiger partial charge in [-0.1, -0.05) is 78.9 Å². The van der Waals surface area contributed by atoms with Crippen LogP contribution in [0.15, 0.2) is 97.1 Å². The molecule has 2 unspecified atom stereocenters. The van der Waals surface area contributed by atoms with Crippen LogP contribution in [0.5, 0.6) is 17.2 Å². The fourth-order valence-corrected chi connectivity index (χ4v) is 8.39. The van der Waals surface area contributed by atoms with E-state index < -0.39 is 59.9 Å². The molecule has 442 valence electrons. The number of nitrogens with zero attached hydrogens (tertiary/aromatic N) is 2. The van der Waals surface area contributed by atoms with Crippen LogP contribution in [0.3, 0.4) is 0 Å². The number of hydrogen-bond donors (Lipinski definition) is 4. The van der Waals surface area contributed by atoms with E-state index in [1.54, 1.807) is 12.1 Å². The van der Waals surface area contributed by atoms with Gasteiger partial charge < -0.3 is 73.4 Å². The molecule has 4 aliphatic heterocycles. The smallest absolute Gasteiger partial charge is 0.870 e. The number of hydrogen-bond acceptors (Lipinski definition) is 20. The van der Waals surface area contributed by atoms with Gasteiger partial charge in [-0.25, -0.2) is 0 Å². The molecular weight excluding hydrogens is 1090 g/mol. The van der Waals surface area contributed by atoms with E-state index in [1.165, 1.54) is 5.56 Å². The van der Waals surface area contributed by atoms with E-state index in [1.807, 2.05) is 126 Å². The van der Waals surface area contributed by atoms with Crippen LogP contribution in [-0.4, -0.2) is 128 Å². The maximum absolute atomic E-state index is 11.8. The number of nitro groups is 2. The molecule has 0 spiro atoms. The van der Waals surface area contributed by atoms with Crippen molar-refractivity contribution in [3.8, 4) is 17.2 Å². The van der Waals surface area contributed by atoms with Crippen LogP contribution in [0.25, 0.3) is 0 Å². The third-order valence-electron chi connectivity index (χ3n) is 12.7. The van der Waals surface area contributed by atoms with Crippen molar-refractivity contribution in [2.45, 2.75) is 98.9 Å². The Balaban J connectivity index is 0.000000390. The average Bonchev–Trinajstić information content (AvgIpc) is 3.51. The van der Waals surface area contributed by atoms with E-state index in [9.17, 15) is 19.9 Å². The van der Waals surface area contributed by atoms with Gasteiger partial charge in [0.05, 0.1) is 37.1 Å². The van der Waals surface area contributed by atoms with Gasteiger partial charge in [-0.2, -0.15) is 0 Å². The Kier molecular flexibility index (Phi) is 30.8. The van der Waals surface area contributed by atoms with Gasteiger partial charge in [0.2, 0.25) is 6.54 Å². The summed E-state index contributed by atoms with van der Waals surface area (Å²) in [6.45, 7) is 17.9. The first-order valence-electron chi connectivity index (χ1n) is 25.5. The molecule has 9 rings (SSSR count). The van der Waals surface area contributed by atoms with E-state index in [0.29, 0.717) is 66.5 Å². The summed E-state index contributed by atoms with van der Waals surface area (Å²) in [7, 11) is -1.35. The summed E-state index contributed by atoms with van der Waals surface area (Å²) in [6.07, 6.45) is -0.0247. The molecule has 83 heavy (non-hydrogen) atoms. The van der Waals surface area contributed by atoms with Gasteiger partial charge in [-0.15, -0.1) is 0 Å². The van der Waals surface area contributed by atoms with E-state index in [0.717, 1.165) is 66.2 Å². The molecule has 24 nitrogen and oxygen atoms in total. The zero-order valence-corrected chi connectivity index (χ0v) is 50.6. The molecule has 5 aromatic rings. The second-order valence-corrected chi connectivity index (χ2v) is 19.4. The number of carbonyl (C=O) groups excluding carboxylic acids is 1. The van der Waals surface area contributed by atoms with Crippen LogP contribution in [-0.2, 0) is 55.5 Å². The minimum atomic E-state index is -1.25. The summed E-state index contributed by atoms with van der Waals surface area (Å²) in [5.41, 5.74) is 14.0.